The molecule has 2 atom stereocenters. The fraction of sp³-hybridized carbons (Fsp3) is 0.429. The van der Waals surface area contributed by atoms with Crippen molar-refractivity contribution < 1.29 is 8.42 Å². The molecule has 1 heterocycles. The number of sulfonamides is 1. The lowest BCUT2D eigenvalue weighted by Crippen LogP contribution is -2.27. The average molecular weight is 310 g/mol. The number of hydrogen-bond donors (Lipinski definition) is 2. The Hall–Kier alpha value is -0.950. The van der Waals surface area contributed by atoms with Gasteiger partial charge in [0.2, 0.25) is 10.0 Å². The van der Waals surface area contributed by atoms with Crippen LogP contribution < -0.4 is 10.5 Å². The molecule has 3 N–H and O–H groups in total. The van der Waals surface area contributed by atoms with Gasteiger partial charge in [0.05, 0.1) is 0 Å². The predicted octanol–water partition coefficient (Wildman–Crippen LogP) is 2.29. The minimum absolute atomic E-state index is 0.245. The summed E-state index contributed by atoms with van der Waals surface area (Å²) in [6.45, 7) is 2.91. The minimum Gasteiger partial charge on any atom is -0.326 e. The maximum Gasteiger partial charge on any atom is 0.242 e. The molecule has 20 heavy (non-hydrogen) atoms. The second-order valence-electron chi connectivity index (χ2n) is 5.38. The van der Waals surface area contributed by atoms with Gasteiger partial charge >= 0.3 is 0 Å². The van der Waals surface area contributed by atoms with Crippen LogP contribution in [0.5, 0.6) is 0 Å². The van der Waals surface area contributed by atoms with Gasteiger partial charge in [-0.05, 0) is 24.3 Å². The first-order valence-corrected chi connectivity index (χ1v) is 9.03. The first kappa shape index (κ1) is 14.0. The van der Waals surface area contributed by atoms with Gasteiger partial charge in [0, 0.05) is 28.1 Å². The molecule has 1 aromatic heterocycles. The zero-order valence-electron chi connectivity index (χ0n) is 11.3. The molecule has 1 saturated carbocycles. The van der Waals surface area contributed by atoms with Gasteiger partial charge in [0.1, 0.15) is 4.90 Å². The van der Waals surface area contributed by atoms with Crippen molar-refractivity contribution in [3.05, 3.63) is 29.1 Å². The molecule has 3 rings (SSSR count). The van der Waals surface area contributed by atoms with E-state index in [9.17, 15) is 8.42 Å². The molecule has 1 aliphatic rings. The smallest absolute Gasteiger partial charge is 0.242 e. The summed E-state index contributed by atoms with van der Waals surface area (Å²) in [4.78, 5) is 1.09. The molecule has 1 aromatic carbocycles. The van der Waals surface area contributed by atoms with Crippen molar-refractivity contribution >= 4 is 31.4 Å². The topological polar surface area (TPSA) is 72.2 Å². The van der Waals surface area contributed by atoms with Gasteiger partial charge < -0.3 is 5.73 Å². The molecule has 0 aliphatic heterocycles. The molecule has 1 aliphatic carbocycles. The fourth-order valence-electron chi connectivity index (χ4n) is 2.47. The molecule has 0 amide bonds. The number of benzene rings is 1. The first-order valence-electron chi connectivity index (χ1n) is 6.73. The Bertz CT molecular complexity index is 737. The second-order valence-corrected chi connectivity index (χ2v) is 8.22. The molecule has 2 unspecified atom stereocenters. The van der Waals surface area contributed by atoms with Crippen molar-refractivity contribution in [3.8, 4) is 0 Å². The van der Waals surface area contributed by atoms with Crippen LogP contribution in [-0.2, 0) is 16.6 Å². The molecule has 0 saturated heterocycles. The number of nitrogens with two attached hydrogens (primary N) is 1. The summed E-state index contributed by atoms with van der Waals surface area (Å²) in [7, 11) is -3.48. The van der Waals surface area contributed by atoms with Gasteiger partial charge in [-0.15, -0.1) is 11.3 Å². The molecular weight excluding hydrogens is 292 g/mol. The predicted molar refractivity (Wildman–Crippen MR) is 82.2 cm³/mol. The summed E-state index contributed by atoms with van der Waals surface area (Å²) >= 11 is 1.46. The third kappa shape index (κ3) is 2.48. The van der Waals surface area contributed by atoms with E-state index in [0.29, 0.717) is 23.3 Å². The Morgan fingerprint density at radius 1 is 1.40 bits per heavy atom. The minimum atomic E-state index is -3.48. The van der Waals surface area contributed by atoms with Gasteiger partial charge in [-0.1, -0.05) is 25.1 Å². The SMILES string of the molecule is CC1CC1CNS(=O)(=O)c1c(CN)sc2ccccc12. The number of rotatable bonds is 5. The van der Waals surface area contributed by atoms with Gasteiger partial charge in [0.15, 0.2) is 0 Å². The van der Waals surface area contributed by atoms with Gasteiger partial charge in [0.25, 0.3) is 0 Å². The average Bonchev–Trinajstić information content (AvgIpc) is 3.00. The van der Waals surface area contributed by atoms with Crippen LogP contribution >= 0.6 is 11.3 Å². The van der Waals surface area contributed by atoms with E-state index in [1.54, 1.807) is 0 Å². The zero-order chi connectivity index (χ0) is 14.3. The maximum absolute atomic E-state index is 12.6. The Morgan fingerprint density at radius 2 is 2.10 bits per heavy atom. The number of nitrogens with one attached hydrogen (secondary N) is 1. The third-order valence-corrected chi connectivity index (χ3v) is 6.76. The van der Waals surface area contributed by atoms with E-state index in [0.717, 1.165) is 21.4 Å². The van der Waals surface area contributed by atoms with Crippen LogP contribution in [0.3, 0.4) is 0 Å². The van der Waals surface area contributed by atoms with Crippen LogP contribution in [-0.4, -0.2) is 15.0 Å². The fourth-order valence-corrected chi connectivity index (χ4v) is 5.40. The third-order valence-electron chi connectivity index (χ3n) is 3.88. The quantitative estimate of drug-likeness (QED) is 0.890. The molecule has 0 radical (unpaired) electrons. The molecule has 4 nitrogen and oxygen atoms in total. The van der Waals surface area contributed by atoms with Crippen LogP contribution in [0, 0.1) is 11.8 Å². The molecule has 1 fully saturated rings. The Morgan fingerprint density at radius 3 is 2.75 bits per heavy atom. The Labute approximate surface area is 123 Å². The van der Waals surface area contributed by atoms with Gasteiger partial charge in [-0.3, -0.25) is 0 Å². The van der Waals surface area contributed by atoms with Gasteiger partial charge in [-0.2, -0.15) is 0 Å². The second kappa shape index (κ2) is 5.11. The lowest BCUT2D eigenvalue weighted by Gasteiger charge is -2.07. The Balaban J connectivity index is 1.98. The zero-order valence-corrected chi connectivity index (χ0v) is 12.9. The normalized spacial score (nSPS) is 22.3. The molecule has 6 heteroatoms. The van der Waals surface area contributed by atoms with Crippen LogP contribution in [0.15, 0.2) is 29.2 Å². The van der Waals surface area contributed by atoms with E-state index < -0.39 is 10.0 Å². The van der Waals surface area contributed by atoms with E-state index in [-0.39, 0.29) is 6.54 Å². The summed E-state index contributed by atoms with van der Waals surface area (Å²) in [5, 5.41) is 0.772. The molecule has 108 valence electrons. The van der Waals surface area contributed by atoms with Crippen molar-refractivity contribution in [1.29, 1.82) is 0 Å². The number of thiophene rings is 1. The lowest BCUT2D eigenvalue weighted by molar-refractivity contribution is 0.575. The summed E-state index contributed by atoms with van der Waals surface area (Å²) in [6, 6.07) is 7.55. The van der Waals surface area contributed by atoms with Crippen LogP contribution in [0.25, 0.3) is 10.1 Å². The van der Waals surface area contributed by atoms with E-state index in [1.807, 2.05) is 24.3 Å². The summed E-state index contributed by atoms with van der Waals surface area (Å²) < 4.78 is 28.8. The summed E-state index contributed by atoms with van der Waals surface area (Å²) in [6.07, 6.45) is 1.11. The maximum atomic E-state index is 12.6. The van der Waals surface area contributed by atoms with Crippen LogP contribution in [0.4, 0.5) is 0 Å². The van der Waals surface area contributed by atoms with Gasteiger partial charge in [-0.25, -0.2) is 13.1 Å². The van der Waals surface area contributed by atoms with E-state index in [1.165, 1.54) is 11.3 Å². The largest absolute Gasteiger partial charge is 0.326 e. The van der Waals surface area contributed by atoms with Crippen LogP contribution in [0.2, 0.25) is 0 Å². The molecule has 2 aromatic rings. The molecule has 0 bridgehead atoms. The molecular formula is C14H18N2O2S2. The van der Waals surface area contributed by atoms with E-state index in [2.05, 4.69) is 11.6 Å². The van der Waals surface area contributed by atoms with E-state index >= 15 is 0 Å². The highest BCUT2D eigenvalue weighted by atomic mass is 32.2. The summed E-state index contributed by atoms with van der Waals surface area (Å²) in [5.74, 6) is 1.11. The highest BCUT2D eigenvalue weighted by Gasteiger charge is 2.34. The number of fused-ring (bicyclic) bond motifs is 1. The lowest BCUT2D eigenvalue weighted by atomic mass is 10.2. The van der Waals surface area contributed by atoms with Crippen molar-refractivity contribution in [2.45, 2.75) is 24.8 Å². The van der Waals surface area contributed by atoms with Crippen LogP contribution in [0.1, 0.15) is 18.2 Å². The highest BCUT2D eigenvalue weighted by Crippen LogP contribution is 2.38. The first-order chi connectivity index (χ1) is 9.53. The summed E-state index contributed by atoms with van der Waals surface area (Å²) in [5.41, 5.74) is 5.72. The number of hydrogen-bond acceptors (Lipinski definition) is 4. The monoisotopic (exact) mass is 310 g/mol. The Kier molecular flexibility index (Phi) is 3.58. The van der Waals surface area contributed by atoms with Crippen molar-refractivity contribution in [2.24, 2.45) is 17.6 Å². The highest BCUT2D eigenvalue weighted by molar-refractivity contribution is 7.90. The van der Waals surface area contributed by atoms with Crippen molar-refractivity contribution in [2.75, 3.05) is 6.54 Å². The van der Waals surface area contributed by atoms with Crippen molar-refractivity contribution in [1.82, 2.24) is 4.72 Å². The van der Waals surface area contributed by atoms with E-state index in [4.69, 9.17) is 5.73 Å². The molecule has 0 spiro atoms. The van der Waals surface area contributed by atoms with Crippen molar-refractivity contribution in [3.63, 3.8) is 0 Å². The standard InChI is InChI=1S/C14H18N2O2S2/c1-9-6-10(9)8-16-20(17,18)14-11-4-2-3-5-12(11)19-13(14)7-15/h2-5,9-10,16H,6-8,15H2,1H3.